The summed E-state index contributed by atoms with van der Waals surface area (Å²) >= 11 is 0. The lowest BCUT2D eigenvalue weighted by Gasteiger charge is -2.20. The second kappa shape index (κ2) is 14.9. The predicted octanol–water partition coefficient (Wildman–Crippen LogP) is 3.48. The van der Waals surface area contributed by atoms with E-state index < -0.39 is 0 Å². The van der Waals surface area contributed by atoms with E-state index in [1.807, 2.05) is 7.05 Å². The van der Waals surface area contributed by atoms with E-state index in [4.69, 9.17) is 4.74 Å². The fourth-order valence-corrected chi connectivity index (χ4v) is 3.45. The number of aryl methyl sites for hydroxylation is 1. The topological polar surface area (TPSA) is 52.1 Å². The van der Waals surface area contributed by atoms with Crippen LogP contribution in [0.25, 0.3) is 0 Å². The van der Waals surface area contributed by atoms with Gasteiger partial charge in [0.2, 0.25) is 0 Å². The number of ether oxygens (including phenoxy) is 1. The van der Waals surface area contributed by atoms with Gasteiger partial charge >= 0.3 is 0 Å². The number of aliphatic imine (C=N–C) groups is 1. The summed E-state index contributed by atoms with van der Waals surface area (Å²) in [5.41, 5.74) is 2.38. The first-order valence-electron chi connectivity index (χ1n) is 11.1. The lowest BCUT2D eigenvalue weighted by molar-refractivity contribution is 0.215. The summed E-state index contributed by atoms with van der Waals surface area (Å²) in [5, 5.41) is 6.88. The molecule has 0 aliphatic carbocycles. The SMILES string of the molecule is CCC(C)Oc1cc(C)ccc1CNC(=NC)NCCCN1CCCN(C)CC1.I. The van der Waals surface area contributed by atoms with Crippen LogP contribution in [0.4, 0.5) is 0 Å². The van der Waals surface area contributed by atoms with Crippen molar-refractivity contribution in [2.75, 3.05) is 53.4 Å². The average Bonchev–Trinajstić information content (AvgIpc) is 2.92. The Labute approximate surface area is 200 Å². The van der Waals surface area contributed by atoms with Gasteiger partial charge in [0.15, 0.2) is 5.96 Å². The Morgan fingerprint density at radius 2 is 2.00 bits per heavy atom. The van der Waals surface area contributed by atoms with Crippen LogP contribution < -0.4 is 15.4 Å². The van der Waals surface area contributed by atoms with Crippen molar-refractivity contribution in [3.63, 3.8) is 0 Å². The molecule has 1 aliphatic rings. The highest BCUT2D eigenvalue weighted by Crippen LogP contribution is 2.22. The molecular formula is C23H42IN5O. The molecule has 0 saturated carbocycles. The monoisotopic (exact) mass is 531 g/mol. The zero-order chi connectivity index (χ0) is 21.1. The van der Waals surface area contributed by atoms with Crippen LogP contribution in [0, 0.1) is 6.92 Å². The van der Waals surface area contributed by atoms with Gasteiger partial charge in [-0.3, -0.25) is 4.99 Å². The van der Waals surface area contributed by atoms with Gasteiger partial charge in [-0.1, -0.05) is 19.1 Å². The normalized spacial score (nSPS) is 17.0. The van der Waals surface area contributed by atoms with Crippen molar-refractivity contribution in [1.29, 1.82) is 0 Å². The van der Waals surface area contributed by atoms with E-state index in [-0.39, 0.29) is 30.1 Å². The third-order valence-corrected chi connectivity index (χ3v) is 5.55. The Bertz CT molecular complexity index is 640. The molecule has 0 bridgehead atoms. The standard InChI is InChI=1S/C23H41N5O.HI/c1-6-20(3)29-22-17-19(2)9-10-21(22)18-26-23(24-4)25-11-7-13-28-14-8-12-27(5)15-16-28;/h9-10,17,20H,6-8,11-16,18H2,1-5H3,(H2,24,25,26);1H. The number of halogens is 1. The van der Waals surface area contributed by atoms with Gasteiger partial charge in [0, 0.05) is 38.8 Å². The van der Waals surface area contributed by atoms with Crippen LogP contribution in [-0.2, 0) is 6.54 Å². The van der Waals surface area contributed by atoms with Crippen molar-refractivity contribution < 1.29 is 4.74 Å². The summed E-state index contributed by atoms with van der Waals surface area (Å²) in [6, 6.07) is 6.40. The first-order valence-corrected chi connectivity index (χ1v) is 11.1. The Hall–Kier alpha value is -1.06. The third kappa shape index (κ3) is 9.83. The van der Waals surface area contributed by atoms with Crippen molar-refractivity contribution in [1.82, 2.24) is 20.4 Å². The van der Waals surface area contributed by atoms with Crippen LogP contribution in [0.5, 0.6) is 5.75 Å². The first kappa shape index (κ1) is 27.0. The van der Waals surface area contributed by atoms with E-state index in [1.54, 1.807) is 0 Å². The maximum atomic E-state index is 6.12. The molecule has 0 amide bonds. The predicted molar refractivity (Wildman–Crippen MR) is 138 cm³/mol. The van der Waals surface area contributed by atoms with E-state index in [9.17, 15) is 0 Å². The second-order valence-corrected chi connectivity index (χ2v) is 8.15. The Morgan fingerprint density at radius 3 is 2.73 bits per heavy atom. The average molecular weight is 532 g/mol. The minimum Gasteiger partial charge on any atom is -0.490 e. The molecule has 7 heteroatoms. The van der Waals surface area contributed by atoms with Crippen LogP contribution in [0.3, 0.4) is 0 Å². The number of rotatable bonds is 9. The van der Waals surface area contributed by atoms with Crippen molar-refractivity contribution in [2.24, 2.45) is 4.99 Å². The van der Waals surface area contributed by atoms with E-state index in [0.717, 1.165) is 43.2 Å². The van der Waals surface area contributed by atoms with Gasteiger partial charge in [-0.2, -0.15) is 0 Å². The highest BCUT2D eigenvalue weighted by atomic mass is 127. The minimum atomic E-state index is 0. The van der Waals surface area contributed by atoms with Crippen molar-refractivity contribution in [3.05, 3.63) is 29.3 Å². The van der Waals surface area contributed by atoms with Crippen molar-refractivity contribution in [2.45, 2.75) is 52.7 Å². The number of guanidine groups is 1. The van der Waals surface area contributed by atoms with E-state index in [2.05, 4.69) is 71.4 Å². The summed E-state index contributed by atoms with van der Waals surface area (Å²) in [5.74, 6) is 1.81. The van der Waals surface area contributed by atoms with Gasteiger partial charge in [-0.05, 0) is 71.4 Å². The maximum Gasteiger partial charge on any atom is 0.191 e. The van der Waals surface area contributed by atoms with Gasteiger partial charge < -0.3 is 25.2 Å². The molecule has 1 aromatic carbocycles. The lowest BCUT2D eigenvalue weighted by Crippen LogP contribution is -2.38. The molecule has 1 saturated heterocycles. The van der Waals surface area contributed by atoms with Crippen molar-refractivity contribution >= 4 is 29.9 Å². The number of nitrogens with zero attached hydrogens (tertiary/aromatic N) is 3. The zero-order valence-corrected chi connectivity index (χ0v) is 21.9. The number of likely N-dealkylation sites (N-methyl/N-ethyl adjacent to an activating group) is 1. The molecule has 2 N–H and O–H groups in total. The van der Waals surface area contributed by atoms with Crippen molar-refractivity contribution in [3.8, 4) is 5.75 Å². The summed E-state index contributed by atoms with van der Waals surface area (Å²) in [6.45, 7) is 13.9. The highest BCUT2D eigenvalue weighted by molar-refractivity contribution is 14.0. The van der Waals surface area contributed by atoms with Crippen LogP contribution in [0.2, 0.25) is 0 Å². The highest BCUT2D eigenvalue weighted by Gasteiger charge is 2.12. The molecule has 1 aromatic rings. The molecule has 1 atom stereocenters. The van der Waals surface area contributed by atoms with Crippen LogP contribution in [0.1, 0.15) is 44.2 Å². The Balaban J connectivity index is 0.00000450. The minimum absolute atomic E-state index is 0. The molecule has 30 heavy (non-hydrogen) atoms. The molecular weight excluding hydrogens is 489 g/mol. The molecule has 6 nitrogen and oxygen atoms in total. The van der Waals surface area contributed by atoms with Gasteiger partial charge in [0.1, 0.15) is 5.75 Å². The fraction of sp³-hybridized carbons (Fsp3) is 0.696. The largest absolute Gasteiger partial charge is 0.490 e. The van der Waals surface area contributed by atoms with E-state index in [1.165, 1.54) is 38.2 Å². The van der Waals surface area contributed by atoms with Gasteiger partial charge in [0.05, 0.1) is 6.10 Å². The molecule has 0 aromatic heterocycles. The molecule has 1 aliphatic heterocycles. The smallest absolute Gasteiger partial charge is 0.191 e. The quantitative estimate of drug-likeness (QED) is 0.221. The number of nitrogens with one attached hydrogen (secondary N) is 2. The zero-order valence-electron chi connectivity index (χ0n) is 19.5. The molecule has 1 fully saturated rings. The molecule has 1 heterocycles. The van der Waals surface area contributed by atoms with Gasteiger partial charge in [-0.15, -0.1) is 24.0 Å². The fourth-order valence-electron chi connectivity index (χ4n) is 3.45. The van der Waals surface area contributed by atoms with Crippen LogP contribution >= 0.6 is 24.0 Å². The molecule has 172 valence electrons. The molecule has 1 unspecified atom stereocenters. The second-order valence-electron chi connectivity index (χ2n) is 8.15. The summed E-state index contributed by atoms with van der Waals surface area (Å²) in [4.78, 5) is 9.37. The molecule has 0 spiro atoms. The number of benzene rings is 1. The summed E-state index contributed by atoms with van der Waals surface area (Å²) in [6.07, 6.45) is 3.60. The Morgan fingerprint density at radius 1 is 1.20 bits per heavy atom. The first-order chi connectivity index (χ1) is 14.0. The Kier molecular flexibility index (Phi) is 13.4. The van der Waals surface area contributed by atoms with E-state index in [0.29, 0.717) is 6.54 Å². The third-order valence-electron chi connectivity index (χ3n) is 5.55. The molecule has 2 rings (SSSR count). The lowest BCUT2D eigenvalue weighted by atomic mass is 10.1. The molecule has 0 radical (unpaired) electrons. The number of hydrogen-bond acceptors (Lipinski definition) is 4. The van der Waals surface area contributed by atoms with Gasteiger partial charge in [0.25, 0.3) is 0 Å². The summed E-state index contributed by atoms with van der Waals surface area (Å²) in [7, 11) is 4.04. The maximum absolute atomic E-state index is 6.12. The number of hydrogen-bond donors (Lipinski definition) is 2. The van der Waals surface area contributed by atoms with Gasteiger partial charge in [-0.25, -0.2) is 0 Å². The summed E-state index contributed by atoms with van der Waals surface area (Å²) < 4.78 is 6.12. The van der Waals surface area contributed by atoms with Crippen LogP contribution in [-0.4, -0.2) is 75.2 Å². The van der Waals surface area contributed by atoms with Crippen LogP contribution in [0.15, 0.2) is 23.2 Å². The van der Waals surface area contributed by atoms with E-state index >= 15 is 0 Å².